The first-order valence-electron chi connectivity index (χ1n) is 12.7. The number of rotatable bonds is 5. The van der Waals surface area contributed by atoms with Gasteiger partial charge in [0.25, 0.3) is 0 Å². The van der Waals surface area contributed by atoms with Crippen molar-refractivity contribution in [2.24, 2.45) is 23.2 Å². The molecule has 3 aliphatic rings. The zero-order valence-corrected chi connectivity index (χ0v) is 20.4. The number of Topliss-reactive ketones (excluding diaryl/α,β-unsaturated/α-hetero) is 1. The third-order valence-electron chi connectivity index (χ3n) is 9.32. The van der Waals surface area contributed by atoms with Crippen molar-refractivity contribution in [3.63, 3.8) is 0 Å². The van der Waals surface area contributed by atoms with E-state index >= 15 is 0 Å². The van der Waals surface area contributed by atoms with Crippen LogP contribution in [0.3, 0.4) is 0 Å². The maximum Gasteiger partial charge on any atom is 0.309 e. The Morgan fingerprint density at radius 1 is 0.939 bits per heavy atom. The van der Waals surface area contributed by atoms with Gasteiger partial charge in [0.2, 0.25) is 0 Å². The van der Waals surface area contributed by atoms with Crippen LogP contribution in [-0.2, 0) is 21.4 Å². The summed E-state index contributed by atoms with van der Waals surface area (Å²) in [7, 11) is 0. The summed E-state index contributed by atoms with van der Waals surface area (Å²) >= 11 is 0. The Bertz CT molecular complexity index is 979. The monoisotopic (exact) mass is 454 g/mol. The molecule has 33 heavy (non-hydrogen) atoms. The van der Waals surface area contributed by atoms with E-state index in [2.05, 4.69) is 32.9 Å². The van der Waals surface area contributed by atoms with Gasteiger partial charge in [-0.3, -0.25) is 14.4 Å². The third kappa shape index (κ3) is 3.81. The Kier molecular flexibility index (Phi) is 6.22. The first kappa shape index (κ1) is 24.0. The van der Waals surface area contributed by atoms with E-state index < -0.39 is 29.2 Å². The van der Waals surface area contributed by atoms with Gasteiger partial charge in [0.15, 0.2) is 5.78 Å². The summed E-state index contributed by atoms with van der Waals surface area (Å²) in [4.78, 5) is 38.1. The summed E-state index contributed by atoms with van der Waals surface area (Å²) < 4.78 is 0. The van der Waals surface area contributed by atoms with Crippen LogP contribution in [0, 0.1) is 23.2 Å². The standard InChI is InChI=1S/C28H38O5/c1-16(2)20-14-17-10-11-23-27(3,12-7-13-28(23,4)26(32)33)22(17)15-21(20)24(29)18-8-5-6-9-19(18)25(30)31/h14-16,18-19,23H,5-13H2,1-4H3,(H,30,31)(H,32,33). The Hall–Kier alpha value is -2.17. The second-order valence-electron chi connectivity index (χ2n) is 11.5. The molecule has 5 atom stereocenters. The highest BCUT2D eigenvalue weighted by atomic mass is 16.4. The number of carbonyl (C=O) groups is 3. The van der Waals surface area contributed by atoms with Crippen molar-refractivity contribution in [1.29, 1.82) is 0 Å². The van der Waals surface area contributed by atoms with Crippen LogP contribution >= 0.6 is 0 Å². The van der Waals surface area contributed by atoms with Gasteiger partial charge < -0.3 is 10.2 Å². The lowest BCUT2D eigenvalue weighted by Crippen LogP contribution is -2.52. The van der Waals surface area contributed by atoms with Crippen LogP contribution in [0.4, 0.5) is 0 Å². The predicted octanol–water partition coefficient (Wildman–Crippen LogP) is 5.98. The molecular formula is C28H38O5. The Balaban J connectivity index is 1.83. The van der Waals surface area contributed by atoms with Crippen molar-refractivity contribution in [3.8, 4) is 0 Å². The van der Waals surface area contributed by atoms with Crippen molar-refractivity contribution < 1.29 is 24.6 Å². The number of carboxylic acids is 2. The van der Waals surface area contributed by atoms with E-state index in [4.69, 9.17) is 0 Å². The molecule has 2 fully saturated rings. The van der Waals surface area contributed by atoms with Crippen molar-refractivity contribution >= 4 is 17.7 Å². The van der Waals surface area contributed by atoms with Crippen molar-refractivity contribution in [2.45, 2.75) is 96.8 Å². The lowest BCUT2D eigenvalue weighted by Gasteiger charge is -2.53. The van der Waals surface area contributed by atoms with Gasteiger partial charge in [-0.1, -0.05) is 46.1 Å². The average molecular weight is 455 g/mol. The number of aliphatic carboxylic acids is 2. The van der Waals surface area contributed by atoms with Crippen LogP contribution < -0.4 is 0 Å². The molecule has 5 unspecified atom stereocenters. The summed E-state index contributed by atoms with van der Waals surface area (Å²) in [5, 5.41) is 19.9. The fourth-order valence-corrected chi connectivity index (χ4v) is 7.42. The Morgan fingerprint density at radius 2 is 1.61 bits per heavy atom. The molecule has 0 radical (unpaired) electrons. The molecule has 0 aromatic heterocycles. The second kappa shape index (κ2) is 8.56. The normalized spacial score (nSPS) is 33.8. The van der Waals surface area contributed by atoms with E-state index in [1.807, 2.05) is 6.92 Å². The van der Waals surface area contributed by atoms with E-state index in [0.29, 0.717) is 24.8 Å². The molecule has 2 saturated carbocycles. The quantitative estimate of drug-likeness (QED) is 0.534. The van der Waals surface area contributed by atoms with Crippen LogP contribution in [0.5, 0.6) is 0 Å². The number of ketones is 1. The van der Waals surface area contributed by atoms with Gasteiger partial charge in [0.05, 0.1) is 11.3 Å². The van der Waals surface area contributed by atoms with Crippen LogP contribution in [0.1, 0.15) is 112 Å². The van der Waals surface area contributed by atoms with Gasteiger partial charge in [0.1, 0.15) is 0 Å². The zero-order chi connectivity index (χ0) is 24.1. The molecule has 1 aromatic rings. The topological polar surface area (TPSA) is 91.7 Å². The highest BCUT2D eigenvalue weighted by Gasteiger charge is 2.55. The Morgan fingerprint density at radius 3 is 2.21 bits per heavy atom. The molecule has 4 rings (SSSR count). The highest BCUT2D eigenvalue weighted by molar-refractivity contribution is 6.01. The van der Waals surface area contributed by atoms with Gasteiger partial charge in [0, 0.05) is 11.5 Å². The number of carboxylic acid groups (broad SMARTS) is 2. The first-order valence-corrected chi connectivity index (χ1v) is 12.7. The minimum atomic E-state index is -0.867. The molecule has 0 amide bonds. The fourth-order valence-electron chi connectivity index (χ4n) is 7.42. The molecule has 5 nitrogen and oxygen atoms in total. The maximum absolute atomic E-state index is 13.9. The summed E-state index contributed by atoms with van der Waals surface area (Å²) in [6.45, 7) is 8.27. The maximum atomic E-state index is 13.9. The molecule has 0 spiro atoms. The van der Waals surface area contributed by atoms with Crippen molar-refractivity contribution in [2.75, 3.05) is 0 Å². The number of aryl methyl sites for hydroxylation is 1. The Labute approximate surface area is 197 Å². The smallest absolute Gasteiger partial charge is 0.309 e. The van der Waals surface area contributed by atoms with E-state index in [-0.39, 0.29) is 23.0 Å². The van der Waals surface area contributed by atoms with E-state index in [9.17, 15) is 24.6 Å². The van der Waals surface area contributed by atoms with Gasteiger partial charge in [-0.05, 0) is 85.5 Å². The van der Waals surface area contributed by atoms with Gasteiger partial charge in [-0.2, -0.15) is 0 Å². The summed E-state index contributed by atoms with van der Waals surface area (Å²) in [5.41, 5.74) is 2.99. The molecule has 1 aromatic carbocycles. The molecule has 5 heteroatoms. The molecule has 0 aliphatic heterocycles. The van der Waals surface area contributed by atoms with E-state index in [0.717, 1.165) is 49.7 Å². The van der Waals surface area contributed by atoms with Crippen LogP contribution in [0.2, 0.25) is 0 Å². The fraction of sp³-hybridized carbons (Fsp3) is 0.679. The molecular weight excluding hydrogens is 416 g/mol. The van der Waals surface area contributed by atoms with Crippen molar-refractivity contribution in [1.82, 2.24) is 0 Å². The summed E-state index contributed by atoms with van der Waals surface area (Å²) in [6.07, 6.45) is 7.07. The average Bonchev–Trinajstić information content (AvgIpc) is 2.77. The van der Waals surface area contributed by atoms with E-state index in [1.54, 1.807) is 0 Å². The van der Waals surface area contributed by atoms with Gasteiger partial charge in [-0.25, -0.2) is 0 Å². The predicted molar refractivity (Wildman–Crippen MR) is 127 cm³/mol. The van der Waals surface area contributed by atoms with Crippen LogP contribution in [-0.4, -0.2) is 27.9 Å². The number of carbonyl (C=O) groups excluding carboxylic acids is 1. The number of benzene rings is 1. The third-order valence-corrected chi connectivity index (χ3v) is 9.32. The van der Waals surface area contributed by atoms with Crippen LogP contribution in [0.25, 0.3) is 0 Å². The second-order valence-corrected chi connectivity index (χ2v) is 11.5. The largest absolute Gasteiger partial charge is 0.481 e. The molecule has 2 N–H and O–H groups in total. The van der Waals surface area contributed by atoms with Gasteiger partial charge in [-0.15, -0.1) is 0 Å². The molecule has 0 saturated heterocycles. The molecule has 180 valence electrons. The van der Waals surface area contributed by atoms with E-state index in [1.165, 1.54) is 5.56 Å². The number of hydrogen-bond acceptors (Lipinski definition) is 3. The number of hydrogen-bond donors (Lipinski definition) is 2. The summed E-state index contributed by atoms with van der Waals surface area (Å²) in [5.74, 6) is -2.53. The van der Waals surface area contributed by atoms with Gasteiger partial charge >= 0.3 is 11.9 Å². The highest BCUT2D eigenvalue weighted by Crippen LogP contribution is 2.57. The van der Waals surface area contributed by atoms with Crippen LogP contribution in [0.15, 0.2) is 12.1 Å². The lowest BCUT2D eigenvalue weighted by atomic mass is 9.49. The number of fused-ring (bicyclic) bond motifs is 3. The lowest BCUT2D eigenvalue weighted by molar-refractivity contribution is -0.157. The minimum absolute atomic E-state index is 0.0260. The molecule has 3 aliphatic carbocycles. The molecule has 0 bridgehead atoms. The minimum Gasteiger partial charge on any atom is -0.481 e. The SMILES string of the molecule is CC(C)c1cc2c(cc1C(=O)C1CCCCC1C(=O)O)C1(C)CCCC(C)(C(=O)O)C1CC2. The first-order chi connectivity index (χ1) is 15.5. The zero-order valence-electron chi connectivity index (χ0n) is 20.4. The summed E-state index contributed by atoms with van der Waals surface area (Å²) in [6, 6.07) is 4.24. The molecule has 0 heterocycles. The van der Waals surface area contributed by atoms with Crippen molar-refractivity contribution in [3.05, 3.63) is 34.4 Å².